The number of hydrogen-bond acceptors (Lipinski definition) is 6. The van der Waals surface area contributed by atoms with Crippen LogP contribution in [-0.2, 0) is 27.2 Å². The molecule has 1 aromatic heterocycles. The largest absolute Gasteiger partial charge is 0.447 e. The van der Waals surface area contributed by atoms with Gasteiger partial charge in [-0.1, -0.05) is 29.8 Å². The molecule has 2 heterocycles. The van der Waals surface area contributed by atoms with Crippen LogP contribution in [0.15, 0.2) is 30.3 Å². The van der Waals surface area contributed by atoms with Crippen molar-refractivity contribution in [3.63, 3.8) is 0 Å². The molecule has 156 valence electrons. The predicted molar refractivity (Wildman–Crippen MR) is 115 cm³/mol. The molecule has 0 bridgehead atoms. The van der Waals surface area contributed by atoms with E-state index in [-0.39, 0.29) is 12.5 Å². The molecule has 2 aromatic rings. The number of methoxy groups -OCH3 is 1. The molecule has 0 atom stereocenters. The van der Waals surface area contributed by atoms with E-state index in [9.17, 15) is 14.9 Å². The SMILES string of the molecule is COCCOC(=O)N1CCc2c(sc(NC(=O)C=Cc3ccccc3Cl)c2C#N)C1. The van der Waals surface area contributed by atoms with Gasteiger partial charge in [-0.15, -0.1) is 11.3 Å². The van der Waals surface area contributed by atoms with Gasteiger partial charge >= 0.3 is 6.09 Å². The molecular weight excluding hydrogens is 426 g/mol. The minimum absolute atomic E-state index is 0.186. The number of carbonyl (C=O) groups is 2. The molecule has 1 aliphatic rings. The van der Waals surface area contributed by atoms with Crippen molar-refractivity contribution in [1.82, 2.24) is 4.90 Å². The average molecular weight is 446 g/mol. The fourth-order valence-electron chi connectivity index (χ4n) is 3.00. The van der Waals surface area contributed by atoms with Gasteiger partial charge in [-0.05, 0) is 29.7 Å². The van der Waals surface area contributed by atoms with Crippen molar-refractivity contribution in [2.24, 2.45) is 0 Å². The number of nitrogens with one attached hydrogen (secondary N) is 1. The van der Waals surface area contributed by atoms with Crippen molar-refractivity contribution in [1.29, 1.82) is 5.26 Å². The molecule has 1 N–H and O–H groups in total. The quantitative estimate of drug-likeness (QED) is 0.534. The maximum Gasteiger partial charge on any atom is 0.410 e. The third-order valence-electron chi connectivity index (χ3n) is 4.50. The molecule has 0 saturated carbocycles. The maximum absolute atomic E-state index is 12.4. The highest BCUT2D eigenvalue weighted by molar-refractivity contribution is 7.16. The number of halogens is 1. The Labute approximate surface area is 183 Å². The molecule has 0 aliphatic carbocycles. The molecule has 2 amide bonds. The van der Waals surface area contributed by atoms with Crippen LogP contribution >= 0.6 is 22.9 Å². The molecule has 1 aliphatic heterocycles. The number of rotatable bonds is 6. The van der Waals surface area contributed by atoms with E-state index in [0.717, 1.165) is 16.0 Å². The fourth-order valence-corrected chi connectivity index (χ4v) is 4.41. The Morgan fingerprint density at radius 1 is 1.37 bits per heavy atom. The van der Waals surface area contributed by atoms with Crippen molar-refractivity contribution in [2.45, 2.75) is 13.0 Å². The van der Waals surface area contributed by atoms with Crippen molar-refractivity contribution < 1.29 is 19.1 Å². The highest BCUT2D eigenvalue weighted by atomic mass is 35.5. The Balaban J connectivity index is 1.69. The maximum atomic E-state index is 12.4. The molecule has 1 aromatic carbocycles. The summed E-state index contributed by atoms with van der Waals surface area (Å²) in [5.74, 6) is -0.360. The fraction of sp³-hybridized carbons (Fsp3) is 0.286. The normalized spacial score (nSPS) is 13.0. The Bertz CT molecular complexity index is 1010. The van der Waals surface area contributed by atoms with E-state index in [0.29, 0.717) is 41.7 Å². The van der Waals surface area contributed by atoms with Gasteiger partial charge in [0.1, 0.15) is 17.7 Å². The average Bonchev–Trinajstić information content (AvgIpc) is 3.09. The van der Waals surface area contributed by atoms with Crippen LogP contribution in [-0.4, -0.2) is 43.8 Å². The summed E-state index contributed by atoms with van der Waals surface area (Å²) in [4.78, 5) is 27.0. The van der Waals surface area contributed by atoms with Crippen LogP contribution in [0.25, 0.3) is 6.08 Å². The van der Waals surface area contributed by atoms with Crippen molar-refractivity contribution in [3.8, 4) is 6.07 Å². The van der Waals surface area contributed by atoms with E-state index in [1.807, 2.05) is 12.1 Å². The Morgan fingerprint density at radius 2 is 2.17 bits per heavy atom. The number of thiophene rings is 1. The first-order chi connectivity index (χ1) is 14.5. The van der Waals surface area contributed by atoms with E-state index in [2.05, 4.69) is 11.4 Å². The smallest absolute Gasteiger partial charge is 0.410 e. The third-order valence-corrected chi connectivity index (χ3v) is 5.97. The monoisotopic (exact) mass is 445 g/mol. The number of nitrogens with zero attached hydrogens (tertiary/aromatic N) is 2. The molecular formula is C21H20ClN3O4S. The molecule has 0 saturated heterocycles. The highest BCUT2D eigenvalue weighted by Crippen LogP contribution is 2.36. The lowest BCUT2D eigenvalue weighted by Gasteiger charge is -2.26. The molecule has 9 heteroatoms. The number of hydrogen-bond donors (Lipinski definition) is 1. The number of amides is 2. The van der Waals surface area contributed by atoms with E-state index < -0.39 is 6.09 Å². The van der Waals surface area contributed by atoms with E-state index in [4.69, 9.17) is 21.1 Å². The highest BCUT2D eigenvalue weighted by Gasteiger charge is 2.28. The molecule has 3 rings (SSSR count). The van der Waals surface area contributed by atoms with Crippen LogP contribution in [0.3, 0.4) is 0 Å². The number of carbonyl (C=O) groups excluding carboxylic acids is 2. The second-order valence-corrected chi connectivity index (χ2v) is 7.95. The van der Waals surface area contributed by atoms with Gasteiger partial charge in [-0.3, -0.25) is 4.79 Å². The summed E-state index contributed by atoms with van der Waals surface area (Å²) in [7, 11) is 1.54. The third kappa shape index (κ3) is 5.19. The topological polar surface area (TPSA) is 91.7 Å². The number of nitriles is 1. The summed E-state index contributed by atoms with van der Waals surface area (Å²) in [6.45, 7) is 1.31. The molecule has 0 spiro atoms. The summed E-state index contributed by atoms with van der Waals surface area (Å²) < 4.78 is 10.0. The van der Waals surface area contributed by atoms with Crippen LogP contribution in [0.2, 0.25) is 5.02 Å². The minimum atomic E-state index is -0.419. The van der Waals surface area contributed by atoms with Crippen molar-refractivity contribution in [2.75, 3.05) is 32.2 Å². The Morgan fingerprint density at radius 3 is 2.90 bits per heavy atom. The number of benzene rings is 1. The first-order valence-corrected chi connectivity index (χ1v) is 10.4. The van der Waals surface area contributed by atoms with E-state index in [1.165, 1.54) is 24.5 Å². The lowest BCUT2D eigenvalue weighted by molar-refractivity contribution is -0.111. The van der Waals surface area contributed by atoms with Gasteiger partial charge in [0.25, 0.3) is 0 Å². The van der Waals surface area contributed by atoms with Gasteiger partial charge in [0.05, 0.1) is 18.7 Å². The van der Waals surface area contributed by atoms with Crippen molar-refractivity contribution in [3.05, 3.63) is 56.9 Å². The summed E-state index contributed by atoms with van der Waals surface area (Å²) >= 11 is 7.39. The minimum Gasteiger partial charge on any atom is -0.447 e. The van der Waals surface area contributed by atoms with Gasteiger partial charge in [0, 0.05) is 29.6 Å². The zero-order valence-corrected chi connectivity index (χ0v) is 17.9. The molecule has 7 nitrogen and oxygen atoms in total. The summed E-state index contributed by atoms with van der Waals surface area (Å²) in [5.41, 5.74) is 2.04. The lowest BCUT2D eigenvalue weighted by Crippen LogP contribution is -2.36. The molecule has 30 heavy (non-hydrogen) atoms. The molecule has 0 fully saturated rings. The number of ether oxygens (including phenoxy) is 2. The lowest BCUT2D eigenvalue weighted by atomic mass is 10.0. The zero-order valence-electron chi connectivity index (χ0n) is 16.3. The first-order valence-electron chi connectivity index (χ1n) is 9.22. The van der Waals surface area contributed by atoms with Crippen LogP contribution in [0, 0.1) is 11.3 Å². The van der Waals surface area contributed by atoms with Gasteiger partial charge in [0.2, 0.25) is 5.91 Å². The molecule has 0 radical (unpaired) electrons. The summed E-state index contributed by atoms with van der Waals surface area (Å²) in [6, 6.07) is 9.36. The van der Waals surface area contributed by atoms with Gasteiger partial charge in [-0.25, -0.2) is 4.79 Å². The van der Waals surface area contributed by atoms with Crippen LogP contribution in [0.5, 0.6) is 0 Å². The standard InChI is InChI=1S/C21H20ClN3O4S/c1-28-10-11-29-21(27)25-9-8-15-16(12-23)20(30-18(15)13-25)24-19(26)7-6-14-4-2-3-5-17(14)22/h2-7H,8-11,13H2,1H3,(H,24,26). The molecule has 0 unspecified atom stereocenters. The Kier molecular flexibility index (Phi) is 7.46. The number of anilines is 1. The Hall–Kier alpha value is -2.86. The predicted octanol–water partition coefficient (Wildman–Crippen LogP) is 4.07. The van der Waals surface area contributed by atoms with Crippen LogP contribution in [0.4, 0.5) is 9.80 Å². The van der Waals surface area contributed by atoms with Crippen molar-refractivity contribution >= 4 is 46.0 Å². The van der Waals surface area contributed by atoms with Crippen LogP contribution in [0.1, 0.15) is 21.6 Å². The van der Waals surface area contributed by atoms with E-state index >= 15 is 0 Å². The van der Waals surface area contributed by atoms with Gasteiger partial charge in [0.15, 0.2) is 0 Å². The second kappa shape index (κ2) is 10.3. The zero-order chi connectivity index (χ0) is 21.5. The van der Waals surface area contributed by atoms with Crippen LogP contribution < -0.4 is 5.32 Å². The summed E-state index contributed by atoms with van der Waals surface area (Å²) in [6.07, 6.45) is 3.10. The van der Waals surface area contributed by atoms with E-state index in [1.54, 1.807) is 23.1 Å². The van der Waals surface area contributed by atoms with Gasteiger partial charge in [-0.2, -0.15) is 5.26 Å². The van der Waals surface area contributed by atoms with Gasteiger partial charge < -0.3 is 19.7 Å². The second-order valence-electron chi connectivity index (χ2n) is 6.44. The first kappa shape index (κ1) is 21.8. The number of fused-ring (bicyclic) bond motifs is 1. The summed E-state index contributed by atoms with van der Waals surface area (Å²) in [5, 5.41) is 13.4.